The van der Waals surface area contributed by atoms with E-state index in [1.54, 1.807) is 32.9 Å². The topological polar surface area (TPSA) is 174 Å². The van der Waals surface area contributed by atoms with Crippen molar-refractivity contribution in [2.75, 3.05) is 20.8 Å². The van der Waals surface area contributed by atoms with Crippen LogP contribution in [-0.2, 0) is 28.6 Å². The molecule has 0 bridgehead atoms. The third-order valence-electron chi connectivity index (χ3n) is 5.80. The van der Waals surface area contributed by atoms with Crippen molar-refractivity contribution in [2.45, 2.75) is 58.8 Å². The van der Waals surface area contributed by atoms with Crippen molar-refractivity contribution in [3.8, 4) is 0 Å². The van der Waals surface area contributed by atoms with E-state index < -0.39 is 47.6 Å². The fourth-order valence-corrected chi connectivity index (χ4v) is 3.66. The highest BCUT2D eigenvalue weighted by Gasteiger charge is 2.29. The number of ether oxygens (including phenoxy) is 3. The molecule has 210 valence electrons. The second-order valence-electron chi connectivity index (χ2n) is 8.87. The molecule has 2 amide bonds. The summed E-state index contributed by atoms with van der Waals surface area (Å²) in [5.74, 6) is -2.96. The molecular weight excluding hydrogens is 496 g/mol. The van der Waals surface area contributed by atoms with Gasteiger partial charge in [0.25, 0.3) is 5.91 Å². The lowest BCUT2D eigenvalue weighted by molar-refractivity contribution is -0.132. The van der Waals surface area contributed by atoms with Gasteiger partial charge in [-0.2, -0.15) is 0 Å². The summed E-state index contributed by atoms with van der Waals surface area (Å²) in [5.41, 5.74) is 5.86. The molecule has 5 N–H and O–H groups in total. The van der Waals surface area contributed by atoms with Crippen LogP contribution in [-0.4, -0.2) is 72.9 Å². The number of rotatable bonds is 14. The maximum atomic E-state index is 12.6. The lowest BCUT2D eigenvalue weighted by atomic mass is 9.95. The molecule has 0 aromatic heterocycles. The van der Waals surface area contributed by atoms with Gasteiger partial charge in [-0.1, -0.05) is 44.6 Å². The number of aliphatic hydroxyl groups excluding tert-OH is 2. The average molecular weight is 535 g/mol. The van der Waals surface area contributed by atoms with Crippen molar-refractivity contribution in [1.29, 1.82) is 0 Å². The molecule has 0 aromatic carbocycles. The number of hydrogen-bond acceptors (Lipinski definition) is 9. The van der Waals surface area contributed by atoms with Crippen LogP contribution < -0.4 is 11.1 Å². The summed E-state index contributed by atoms with van der Waals surface area (Å²) in [6.45, 7) is 6.91. The Kier molecular flexibility index (Phi) is 13.4. The third kappa shape index (κ3) is 9.40. The number of primary amides is 1. The number of nitrogens with two attached hydrogens (primary N) is 1. The predicted octanol–water partition coefficient (Wildman–Crippen LogP) is 2.32. The van der Waals surface area contributed by atoms with Gasteiger partial charge in [0.2, 0.25) is 11.6 Å². The van der Waals surface area contributed by atoms with E-state index in [2.05, 4.69) is 5.32 Å². The van der Waals surface area contributed by atoms with Gasteiger partial charge in [0.1, 0.15) is 11.9 Å². The number of ketones is 2. The van der Waals surface area contributed by atoms with Crippen LogP contribution in [0.2, 0.25) is 0 Å². The second-order valence-corrected chi connectivity index (χ2v) is 8.87. The van der Waals surface area contributed by atoms with Gasteiger partial charge in [-0.05, 0) is 25.8 Å². The van der Waals surface area contributed by atoms with E-state index in [0.717, 1.165) is 6.08 Å². The van der Waals surface area contributed by atoms with Crippen LogP contribution >= 0.6 is 0 Å². The van der Waals surface area contributed by atoms with Crippen LogP contribution in [0.1, 0.15) is 40.5 Å². The maximum Gasteiger partial charge on any atom is 0.405 e. The molecule has 0 aliphatic heterocycles. The fraction of sp³-hybridized carbons (Fsp3) is 0.481. The van der Waals surface area contributed by atoms with Gasteiger partial charge in [0, 0.05) is 37.4 Å². The summed E-state index contributed by atoms with van der Waals surface area (Å²) >= 11 is 0. The second kappa shape index (κ2) is 15.7. The SMILES string of the molecule is CCCC1=C(O)C(NC(=O)/C(C)=C/C=C\[C@H](OC)[C@@H](OC(N)=O)/C(C)=C/[C@H](C)[C@@H](O)COC)=CC(=O)C1=O. The largest absolute Gasteiger partial charge is 0.505 e. The number of aliphatic hydroxyl groups is 2. The van der Waals surface area contributed by atoms with Crippen molar-refractivity contribution >= 4 is 23.6 Å². The molecule has 1 rings (SSSR count). The number of allylic oxidation sites excluding steroid dienone is 4. The molecule has 1 aliphatic rings. The van der Waals surface area contributed by atoms with Crippen LogP contribution in [0.5, 0.6) is 0 Å². The Morgan fingerprint density at radius 1 is 1.21 bits per heavy atom. The van der Waals surface area contributed by atoms with Crippen LogP contribution in [0, 0.1) is 5.92 Å². The highest BCUT2D eigenvalue weighted by Crippen LogP contribution is 2.22. The molecule has 0 saturated heterocycles. The minimum atomic E-state index is -1.02. The van der Waals surface area contributed by atoms with Crippen LogP contribution in [0.4, 0.5) is 4.79 Å². The van der Waals surface area contributed by atoms with Crippen molar-refractivity contribution in [2.24, 2.45) is 11.7 Å². The van der Waals surface area contributed by atoms with Crippen molar-refractivity contribution in [3.63, 3.8) is 0 Å². The Morgan fingerprint density at radius 3 is 2.42 bits per heavy atom. The van der Waals surface area contributed by atoms with E-state index in [9.17, 15) is 29.4 Å². The smallest absolute Gasteiger partial charge is 0.405 e. The normalized spacial score (nSPS) is 18.2. The van der Waals surface area contributed by atoms with E-state index in [-0.39, 0.29) is 35.8 Å². The highest BCUT2D eigenvalue weighted by molar-refractivity contribution is 6.48. The van der Waals surface area contributed by atoms with Gasteiger partial charge in [0.05, 0.1) is 18.4 Å². The molecule has 0 saturated carbocycles. The average Bonchev–Trinajstić information content (AvgIpc) is 2.86. The molecule has 4 atom stereocenters. The molecule has 0 fully saturated rings. The standard InChI is InChI=1S/C27H38N2O9/c1-7-9-18-23(32)19(13-20(30)24(18)33)29-26(34)15(2)10-8-11-22(37-6)25(38-27(28)35)17(4)12-16(3)21(31)14-36-5/h8,10-13,16,21-22,25,31-32H,7,9,14H2,1-6H3,(H2,28,35)(H,29,34)/b11-8-,15-10+,17-12+/t16-,21-,22-,25-/m0/s1. The summed E-state index contributed by atoms with van der Waals surface area (Å²) < 4.78 is 15.7. The maximum absolute atomic E-state index is 12.6. The zero-order valence-electron chi connectivity index (χ0n) is 22.6. The molecule has 0 spiro atoms. The Bertz CT molecular complexity index is 1050. The van der Waals surface area contributed by atoms with Gasteiger partial charge in [-0.15, -0.1) is 0 Å². The van der Waals surface area contributed by atoms with Gasteiger partial charge < -0.3 is 35.5 Å². The number of hydrogen-bond donors (Lipinski definition) is 4. The van der Waals surface area contributed by atoms with Crippen LogP contribution in [0.25, 0.3) is 0 Å². The zero-order chi connectivity index (χ0) is 29.0. The fourth-order valence-electron chi connectivity index (χ4n) is 3.66. The predicted molar refractivity (Wildman–Crippen MR) is 140 cm³/mol. The zero-order valence-corrected chi connectivity index (χ0v) is 22.6. The van der Waals surface area contributed by atoms with Gasteiger partial charge in [-0.3, -0.25) is 14.4 Å². The van der Waals surface area contributed by atoms with Gasteiger partial charge in [-0.25, -0.2) is 4.79 Å². The number of methoxy groups -OCH3 is 2. The summed E-state index contributed by atoms with van der Waals surface area (Å²) in [7, 11) is 2.88. The molecule has 11 nitrogen and oxygen atoms in total. The van der Waals surface area contributed by atoms with Gasteiger partial charge >= 0.3 is 6.09 Å². The first-order chi connectivity index (χ1) is 17.9. The first-order valence-corrected chi connectivity index (χ1v) is 12.1. The molecular formula is C27H38N2O9. The number of nitrogens with one attached hydrogen (secondary N) is 1. The number of carbonyl (C=O) groups is 4. The Morgan fingerprint density at radius 2 is 1.87 bits per heavy atom. The Balaban J connectivity index is 3.08. The first kappa shape index (κ1) is 32.5. The number of carbonyl (C=O) groups excluding carboxylic acids is 4. The molecule has 0 heterocycles. The molecule has 0 unspecified atom stereocenters. The van der Waals surface area contributed by atoms with Crippen molar-refractivity contribution in [3.05, 3.63) is 58.6 Å². The minimum Gasteiger partial charge on any atom is -0.505 e. The Labute approximate surface area is 222 Å². The van der Waals surface area contributed by atoms with E-state index in [1.807, 2.05) is 0 Å². The lowest BCUT2D eigenvalue weighted by Crippen LogP contribution is -2.35. The minimum absolute atomic E-state index is 0.0345. The van der Waals surface area contributed by atoms with Crippen molar-refractivity contribution < 1.29 is 43.6 Å². The quantitative estimate of drug-likeness (QED) is 0.0857. The molecule has 0 aromatic rings. The number of Topliss-reactive ketones (excluding diaryl/α,β-unsaturated/α-hetero) is 1. The van der Waals surface area contributed by atoms with E-state index >= 15 is 0 Å². The monoisotopic (exact) mass is 534 g/mol. The summed E-state index contributed by atoms with van der Waals surface area (Å²) in [6.07, 6.45) is 4.38. The van der Waals surface area contributed by atoms with Gasteiger partial charge in [0.15, 0.2) is 6.10 Å². The van der Waals surface area contributed by atoms with E-state index in [0.29, 0.717) is 12.0 Å². The van der Waals surface area contributed by atoms with Crippen LogP contribution in [0.3, 0.4) is 0 Å². The molecule has 1 aliphatic carbocycles. The summed E-state index contributed by atoms with van der Waals surface area (Å²) in [4.78, 5) is 48.1. The lowest BCUT2D eigenvalue weighted by Gasteiger charge is -2.25. The molecule has 38 heavy (non-hydrogen) atoms. The van der Waals surface area contributed by atoms with Crippen LogP contribution in [0.15, 0.2) is 58.6 Å². The molecule has 11 heteroatoms. The van der Waals surface area contributed by atoms with Crippen molar-refractivity contribution in [1.82, 2.24) is 5.32 Å². The van der Waals surface area contributed by atoms with E-state index in [1.165, 1.54) is 33.3 Å². The number of amides is 2. The van der Waals surface area contributed by atoms with E-state index in [4.69, 9.17) is 19.9 Å². The third-order valence-corrected chi connectivity index (χ3v) is 5.80. The molecule has 0 radical (unpaired) electrons. The highest BCUT2D eigenvalue weighted by atomic mass is 16.6. The Hall–Kier alpha value is -3.54. The first-order valence-electron chi connectivity index (χ1n) is 12.1. The summed E-state index contributed by atoms with van der Waals surface area (Å²) in [6, 6.07) is 0. The summed E-state index contributed by atoms with van der Waals surface area (Å²) in [5, 5.41) is 22.9.